The SMILES string of the molecule is NC(=O)c1ccc(-c2c[c]cnc2N)cc1. The Kier molecular flexibility index (Phi) is 2.55. The molecule has 4 heteroatoms. The maximum absolute atomic E-state index is 10.9. The van der Waals surface area contributed by atoms with E-state index < -0.39 is 5.91 Å². The normalized spacial score (nSPS) is 10.0. The minimum absolute atomic E-state index is 0.436. The lowest BCUT2D eigenvalue weighted by Gasteiger charge is -2.04. The quantitative estimate of drug-likeness (QED) is 0.785. The molecule has 0 saturated carbocycles. The second kappa shape index (κ2) is 4.02. The number of hydrogen-bond acceptors (Lipinski definition) is 3. The molecule has 16 heavy (non-hydrogen) atoms. The Bertz CT molecular complexity index is 520. The molecule has 1 heterocycles. The van der Waals surface area contributed by atoms with Crippen molar-refractivity contribution in [2.75, 3.05) is 5.73 Å². The molecule has 79 valence electrons. The predicted octanol–water partition coefficient (Wildman–Crippen LogP) is 1.23. The Morgan fingerprint density at radius 1 is 1.25 bits per heavy atom. The number of aromatic nitrogens is 1. The number of carbonyl (C=O) groups is 1. The highest BCUT2D eigenvalue weighted by atomic mass is 16.1. The Labute approximate surface area is 92.9 Å². The van der Waals surface area contributed by atoms with Gasteiger partial charge in [0.15, 0.2) is 0 Å². The molecule has 4 nitrogen and oxygen atoms in total. The van der Waals surface area contributed by atoms with Gasteiger partial charge in [-0.05, 0) is 23.8 Å². The molecule has 2 rings (SSSR count). The summed E-state index contributed by atoms with van der Waals surface area (Å²) in [7, 11) is 0. The molecule has 0 atom stereocenters. The van der Waals surface area contributed by atoms with Crippen LogP contribution in [0.4, 0.5) is 5.82 Å². The number of pyridine rings is 1. The second-order valence-corrected chi connectivity index (χ2v) is 3.31. The molecule has 1 amide bonds. The van der Waals surface area contributed by atoms with Gasteiger partial charge in [-0.3, -0.25) is 4.79 Å². The number of benzene rings is 1. The van der Waals surface area contributed by atoms with Gasteiger partial charge in [-0.25, -0.2) is 4.98 Å². The highest BCUT2D eigenvalue weighted by molar-refractivity contribution is 5.93. The fraction of sp³-hybridized carbons (Fsp3) is 0. The van der Waals surface area contributed by atoms with Gasteiger partial charge < -0.3 is 11.5 Å². The van der Waals surface area contributed by atoms with E-state index >= 15 is 0 Å². The molecular weight excluding hydrogens is 202 g/mol. The van der Waals surface area contributed by atoms with Gasteiger partial charge in [0, 0.05) is 23.4 Å². The Hall–Kier alpha value is -2.36. The Morgan fingerprint density at radius 2 is 1.94 bits per heavy atom. The van der Waals surface area contributed by atoms with Crippen LogP contribution in [-0.2, 0) is 0 Å². The molecule has 0 aliphatic rings. The molecule has 1 radical (unpaired) electrons. The Morgan fingerprint density at radius 3 is 2.50 bits per heavy atom. The predicted molar refractivity (Wildman–Crippen MR) is 61.4 cm³/mol. The van der Waals surface area contributed by atoms with Crippen LogP contribution >= 0.6 is 0 Å². The smallest absolute Gasteiger partial charge is 0.248 e. The number of primary amides is 1. The summed E-state index contributed by atoms with van der Waals surface area (Å²) in [6.07, 6.45) is 1.51. The summed E-state index contributed by atoms with van der Waals surface area (Å²) >= 11 is 0. The topological polar surface area (TPSA) is 82.0 Å². The van der Waals surface area contributed by atoms with Gasteiger partial charge in [-0.2, -0.15) is 0 Å². The third kappa shape index (κ3) is 1.86. The summed E-state index contributed by atoms with van der Waals surface area (Å²) in [5.74, 6) is -0.0113. The van der Waals surface area contributed by atoms with Crippen molar-refractivity contribution in [1.29, 1.82) is 0 Å². The molecule has 0 bridgehead atoms. The van der Waals surface area contributed by atoms with Gasteiger partial charge in [-0.15, -0.1) is 0 Å². The molecule has 0 unspecified atom stereocenters. The summed E-state index contributed by atoms with van der Waals surface area (Å²) < 4.78 is 0. The van der Waals surface area contributed by atoms with Crippen molar-refractivity contribution in [2.45, 2.75) is 0 Å². The molecule has 0 fully saturated rings. The molecule has 2 aromatic rings. The molecule has 1 aromatic carbocycles. The third-order valence-electron chi connectivity index (χ3n) is 2.26. The van der Waals surface area contributed by atoms with Crippen LogP contribution in [0, 0.1) is 6.07 Å². The number of nitrogens with zero attached hydrogens (tertiary/aromatic N) is 1. The van der Waals surface area contributed by atoms with Crippen molar-refractivity contribution >= 4 is 11.7 Å². The van der Waals surface area contributed by atoms with Gasteiger partial charge in [0.2, 0.25) is 5.91 Å². The maximum Gasteiger partial charge on any atom is 0.248 e. The van der Waals surface area contributed by atoms with Crippen LogP contribution in [0.3, 0.4) is 0 Å². The first-order chi connectivity index (χ1) is 7.68. The molecule has 1 aromatic heterocycles. The maximum atomic E-state index is 10.9. The van der Waals surface area contributed by atoms with Crippen LogP contribution < -0.4 is 11.5 Å². The summed E-state index contributed by atoms with van der Waals surface area (Å²) in [5, 5.41) is 0. The zero-order valence-electron chi connectivity index (χ0n) is 8.47. The number of anilines is 1. The van der Waals surface area contributed by atoms with Crippen LogP contribution in [0.15, 0.2) is 36.5 Å². The first-order valence-corrected chi connectivity index (χ1v) is 4.70. The summed E-state index contributed by atoms with van der Waals surface area (Å²) in [4.78, 5) is 14.8. The van der Waals surface area contributed by atoms with Crippen molar-refractivity contribution < 1.29 is 4.79 Å². The van der Waals surface area contributed by atoms with Crippen molar-refractivity contribution in [3.05, 3.63) is 48.2 Å². The summed E-state index contributed by atoms with van der Waals surface area (Å²) in [5.41, 5.74) is 13.0. The lowest BCUT2D eigenvalue weighted by atomic mass is 10.0. The highest BCUT2D eigenvalue weighted by Crippen LogP contribution is 2.23. The molecule has 0 aliphatic heterocycles. The molecule has 0 spiro atoms. The van der Waals surface area contributed by atoms with E-state index in [1.165, 1.54) is 6.20 Å². The number of carbonyl (C=O) groups excluding carboxylic acids is 1. The van der Waals surface area contributed by atoms with Crippen molar-refractivity contribution in [3.63, 3.8) is 0 Å². The Balaban J connectivity index is 2.43. The van der Waals surface area contributed by atoms with E-state index in [2.05, 4.69) is 11.1 Å². The number of rotatable bonds is 2. The fourth-order valence-corrected chi connectivity index (χ4v) is 1.42. The van der Waals surface area contributed by atoms with E-state index in [-0.39, 0.29) is 0 Å². The first-order valence-electron chi connectivity index (χ1n) is 4.70. The number of amides is 1. The third-order valence-corrected chi connectivity index (χ3v) is 2.26. The standard InChI is InChI=1S/C12H10N3O/c13-11-10(2-1-7-15-11)8-3-5-9(6-4-8)12(14)16/h2-7H,(H2,13,15)(H2,14,16). The minimum Gasteiger partial charge on any atom is -0.383 e. The molecule has 0 aliphatic carbocycles. The summed E-state index contributed by atoms with van der Waals surface area (Å²) in [6.45, 7) is 0. The van der Waals surface area contributed by atoms with Crippen molar-refractivity contribution in [1.82, 2.24) is 4.98 Å². The van der Waals surface area contributed by atoms with Crippen LogP contribution in [0.2, 0.25) is 0 Å². The van der Waals surface area contributed by atoms with E-state index in [1.807, 2.05) is 0 Å². The monoisotopic (exact) mass is 212 g/mol. The van der Waals surface area contributed by atoms with Gasteiger partial charge in [0.25, 0.3) is 0 Å². The van der Waals surface area contributed by atoms with E-state index in [9.17, 15) is 4.79 Å². The van der Waals surface area contributed by atoms with Crippen LogP contribution in [-0.4, -0.2) is 10.9 Å². The average Bonchev–Trinajstić information content (AvgIpc) is 2.30. The van der Waals surface area contributed by atoms with E-state index in [0.29, 0.717) is 11.4 Å². The fourth-order valence-electron chi connectivity index (χ4n) is 1.42. The first kappa shape index (κ1) is 10.2. The highest BCUT2D eigenvalue weighted by Gasteiger charge is 2.04. The zero-order valence-corrected chi connectivity index (χ0v) is 8.47. The molecule has 4 N–H and O–H groups in total. The van der Waals surface area contributed by atoms with Crippen LogP contribution in [0.5, 0.6) is 0 Å². The zero-order chi connectivity index (χ0) is 11.5. The molecule has 0 saturated heterocycles. The summed E-state index contributed by atoms with van der Waals surface area (Å²) in [6, 6.07) is 11.5. The average molecular weight is 212 g/mol. The van der Waals surface area contributed by atoms with E-state index in [4.69, 9.17) is 11.5 Å². The molecular formula is C12H10N3O. The van der Waals surface area contributed by atoms with Crippen LogP contribution in [0.25, 0.3) is 11.1 Å². The van der Waals surface area contributed by atoms with Crippen molar-refractivity contribution in [2.24, 2.45) is 5.73 Å². The van der Waals surface area contributed by atoms with Gasteiger partial charge in [-0.1, -0.05) is 12.1 Å². The number of hydrogen-bond donors (Lipinski definition) is 2. The van der Waals surface area contributed by atoms with Gasteiger partial charge >= 0.3 is 0 Å². The largest absolute Gasteiger partial charge is 0.383 e. The number of nitrogens with two attached hydrogens (primary N) is 2. The second-order valence-electron chi connectivity index (χ2n) is 3.31. The minimum atomic E-state index is -0.447. The lowest BCUT2D eigenvalue weighted by Crippen LogP contribution is -2.10. The van der Waals surface area contributed by atoms with Gasteiger partial charge in [0.1, 0.15) is 5.82 Å². The number of nitrogen functional groups attached to an aromatic ring is 1. The van der Waals surface area contributed by atoms with Crippen LogP contribution in [0.1, 0.15) is 10.4 Å². The van der Waals surface area contributed by atoms with Gasteiger partial charge in [0.05, 0.1) is 0 Å². The lowest BCUT2D eigenvalue weighted by molar-refractivity contribution is 0.100. The van der Waals surface area contributed by atoms with Crippen molar-refractivity contribution in [3.8, 4) is 11.1 Å². The van der Waals surface area contributed by atoms with E-state index in [0.717, 1.165) is 11.1 Å². The van der Waals surface area contributed by atoms with E-state index in [1.54, 1.807) is 30.3 Å².